The highest BCUT2D eigenvalue weighted by atomic mass is 15.2. The van der Waals surface area contributed by atoms with Gasteiger partial charge in [-0.25, -0.2) is 0 Å². The molecule has 2 nitrogen and oxygen atoms in total. The highest BCUT2D eigenvalue weighted by Crippen LogP contribution is 2.18. The van der Waals surface area contributed by atoms with Crippen molar-refractivity contribution < 1.29 is 0 Å². The van der Waals surface area contributed by atoms with Crippen LogP contribution < -0.4 is 5.32 Å². The fourth-order valence-electron chi connectivity index (χ4n) is 1.72. The minimum atomic E-state index is 0.258. The van der Waals surface area contributed by atoms with Crippen LogP contribution in [0.2, 0.25) is 0 Å². The molecular weight excluding hydrogens is 184 g/mol. The lowest BCUT2D eigenvalue weighted by molar-refractivity contribution is 0.152. The first kappa shape index (κ1) is 12.7. The Hall–Kier alpha value is -0.340. The van der Waals surface area contributed by atoms with E-state index in [1.807, 2.05) is 6.08 Å². The fraction of sp³-hybridized carbons (Fsp3) is 0.846. The molecule has 1 saturated carbocycles. The predicted molar refractivity (Wildman–Crippen MR) is 67.2 cm³/mol. The van der Waals surface area contributed by atoms with Gasteiger partial charge in [0.25, 0.3) is 0 Å². The van der Waals surface area contributed by atoms with Gasteiger partial charge in [-0.1, -0.05) is 6.08 Å². The molecule has 0 heterocycles. The van der Waals surface area contributed by atoms with Crippen molar-refractivity contribution in [3.8, 4) is 0 Å². The number of nitrogens with zero attached hydrogens (tertiary/aromatic N) is 1. The van der Waals surface area contributed by atoms with Gasteiger partial charge in [0.1, 0.15) is 0 Å². The predicted octanol–water partition coefficient (Wildman–Crippen LogP) is 2.42. The summed E-state index contributed by atoms with van der Waals surface area (Å²) >= 11 is 0. The molecule has 15 heavy (non-hydrogen) atoms. The Morgan fingerprint density at radius 3 is 2.53 bits per heavy atom. The van der Waals surface area contributed by atoms with E-state index in [4.69, 9.17) is 0 Å². The van der Waals surface area contributed by atoms with Crippen molar-refractivity contribution in [2.24, 2.45) is 0 Å². The molecule has 88 valence electrons. The van der Waals surface area contributed by atoms with E-state index in [2.05, 4.69) is 37.6 Å². The van der Waals surface area contributed by atoms with Crippen LogP contribution in [-0.4, -0.2) is 36.1 Å². The first-order chi connectivity index (χ1) is 7.04. The van der Waals surface area contributed by atoms with E-state index in [-0.39, 0.29) is 5.54 Å². The topological polar surface area (TPSA) is 15.3 Å². The van der Waals surface area contributed by atoms with Crippen LogP contribution in [-0.2, 0) is 0 Å². The van der Waals surface area contributed by atoms with Gasteiger partial charge < -0.3 is 5.32 Å². The third-order valence-electron chi connectivity index (χ3n) is 2.91. The van der Waals surface area contributed by atoms with E-state index < -0.39 is 0 Å². The van der Waals surface area contributed by atoms with E-state index in [1.165, 1.54) is 19.3 Å². The smallest absolute Gasteiger partial charge is 0.0165 e. The van der Waals surface area contributed by atoms with Gasteiger partial charge in [-0.15, -0.1) is 6.58 Å². The van der Waals surface area contributed by atoms with Gasteiger partial charge in [0.2, 0.25) is 0 Å². The summed E-state index contributed by atoms with van der Waals surface area (Å²) in [6.07, 6.45) is 6.01. The van der Waals surface area contributed by atoms with Crippen molar-refractivity contribution in [1.29, 1.82) is 0 Å². The Morgan fingerprint density at radius 2 is 2.07 bits per heavy atom. The lowest BCUT2D eigenvalue weighted by Gasteiger charge is -2.34. The third kappa shape index (κ3) is 5.33. The molecule has 0 spiro atoms. The SMILES string of the molecule is C=CCN(CCCNC1CC1)C(C)(C)C. The van der Waals surface area contributed by atoms with Gasteiger partial charge in [-0.2, -0.15) is 0 Å². The van der Waals surface area contributed by atoms with Crippen molar-refractivity contribution in [3.05, 3.63) is 12.7 Å². The molecule has 1 fully saturated rings. The summed E-state index contributed by atoms with van der Waals surface area (Å²) < 4.78 is 0. The molecule has 1 aliphatic rings. The molecule has 0 unspecified atom stereocenters. The minimum Gasteiger partial charge on any atom is -0.314 e. The van der Waals surface area contributed by atoms with Crippen LogP contribution in [0.5, 0.6) is 0 Å². The summed E-state index contributed by atoms with van der Waals surface area (Å²) in [7, 11) is 0. The minimum absolute atomic E-state index is 0.258. The Morgan fingerprint density at radius 1 is 1.40 bits per heavy atom. The molecule has 0 radical (unpaired) electrons. The van der Waals surface area contributed by atoms with Crippen LogP contribution >= 0.6 is 0 Å². The maximum absolute atomic E-state index is 3.82. The maximum Gasteiger partial charge on any atom is 0.0165 e. The van der Waals surface area contributed by atoms with Crippen LogP contribution in [0.4, 0.5) is 0 Å². The van der Waals surface area contributed by atoms with Crippen molar-refractivity contribution in [1.82, 2.24) is 10.2 Å². The molecule has 0 atom stereocenters. The molecule has 2 heteroatoms. The van der Waals surface area contributed by atoms with Crippen molar-refractivity contribution in [3.63, 3.8) is 0 Å². The van der Waals surface area contributed by atoms with Gasteiger partial charge in [0, 0.05) is 24.7 Å². The van der Waals surface area contributed by atoms with Gasteiger partial charge >= 0.3 is 0 Å². The zero-order valence-electron chi connectivity index (χ0n) is 10.6. The van der Waals surface area contributed by atoms with E-state index in [1.54, 1.807) is 0 Å². The van der Waals surface area contributed by atoms with E-state index in [0.717, 1.165) is 25.7 Å². The van der Waals surface area contributed by atoms with Gasteiger partial charge in [-0.05, 0) is 46.6 Å². The standard InChI is InChI=1S/C13H26N2/c1-5-10-15(13(2,3)4)11-6-9-14-12-7-8-12/h5,12,14H,1,6-11H2,2-4H3. The molecule has 0 aromatic rings. The Bertz CT molecular complexity index is 189. The highest BCUT2D eigenvalue weighted by Gasteiger charge is 2.21. The van der Waals surface area contributed by atoms with Crippen LogP contribution in [0, 0.1) is 0 Å². The second-order valence-corrected chi connectivity index (χ2v) is 5.49. The summed E-state index contributed by atoms with van der Waals surface area (Å²) in [6.45, 7) is 13.9. The third-order valence-corrected chi connectivity index (χ3v) is 2.91. The molecule has 1 rings (SSSR count). The second-order valence-electron chi connectivity index (χ2n) is 5.49. The molecule has 0 saturated heterocycles. The monoisotopic (exact) mass is 210 g/mol. The quantitative estimate of drug-likeness (QED) is 0.513. The Kier molecular flexibility index (Phi) is 4.81. The number of hydrogen-bond donors (Lipinski definition) is 1. The summed E-state index contributed by atoms with van der Waals surface area (Å²) in [4.78, 5) is 2.48. The first-order valence-electron chi connectivity index (χ1n) is 6.13. The first-order valence-corrected chi connectivity index (χ1v) is 6.13. The van der Waals surface area contributed by atoms with Crippen molar-refractivity contribution in [2.75, 3.05) is 19.6 Å². The zero-order chi connectivity index (χ0) is 11.3. The lowest BCUT2D eigenvalue weighted by atomic mass is 10.1. The molecule has 1 N–H and O–H groups in total. The largest absolute Gasteiger partial charge is 0.314 e. The molecule has 0 aromatic heterocycles. The van der Waals surface area contributed by atoms with Crippen LogP contribution in [0.1, 0.15) is 40.0 Å². The molecule has 0 amide bonds. The van der Waals surface area contributed by atoms with E-state index >= 15 is 0 Å². The van der Waals surface area contributed by atoms with Crippen molar-refractivity contribution >= 4 is 0 Å². The van der Waals surface area contributed by atoms with Gasteiger partial charge in [-0.3, -0.25) is 4.90 Å². The van der Waals surface area contributed by atoms with Crippen LogP contribution in [0.3, 0.4) is 0 Å². The number of nitrogens with one attached hydrogen (secondary N) is 1. The fourth-order valence-corrected chi connectivity index (χ4v) is 1.72. The van der Waals surface area contributed by atoms with Gasteiger partial charge in [0.15, 0.2) is 0 Å². The summed E-state index contributed by atoms with van der Waals surface area (Å²) in [5.41, 5.74) is 0.258. The normalized spacial score (nSPS) is 17.1. The number of rotatable bonds is 7. The van der Waals surface area contributed by atoms with Crippen molar-refractivity contribution in [2.45, 2.75) is 51.6 Å². The zero-order valence-corrected chi connectivity index (χ0v) is 10.6. The van der Waals surface area contributed by atoms with Gasteiger partial charge in [0.05, 0.1) is 0 Å². The maximum atomic E-state index is 3.82. The average Bonchev–Trinajstić information content (AvgIpc) is 2.92. The summed E-state index contributed by atoms with van der Waals surface area (Å²) in [6, 6.07) is 0.840. The van der Waals surface area contributed by atoms with Crippen LogP contribution in [0.15, 0.2) is 12.7 Å². The molecule has 1 aliphatic carbocycles. The molecule has 0 aromatic carbocycles. The van der Waals surface area contributed by atoms with E-state index in [9.17, 15) is 0 Å². The lowest BCUT2D eigenvalue weighted by Crippen LogP contribution is -2.42. The molecular formula is C13H26N2. The second kappa shape index (κ2) is 5.66. The van der Waals surface area contributed by atoms with E-state index in [0.29, 0.717) is 0 Å². The summed E-state index contributed by atoms with van der Waals surface area (Å²) in [5.74, 6) is 0. The van der Waals surface area contributed by atoms with Crippen LogP contribution in [0.25, 0.3) is 0 Å². The molecule has 0 aliphatic heterocycles. The highest BCUT2D eigenvalue weighted by molar-refractivity contribution is 4.84. The number of hydrogen-bond acceptors (Lipinski definition) is 2. The Labute approximate surface area is 94.7 Å². The summed E-state index contributed by atoms with van der Waals surface area (Å²) in [5, 5.41) is 3.55. The Balaban J connectivity index is 2.14. The molecule has 0 bridgehead atoms. The average molecular weight is 210 g/mol.